The Kier molecular flexibility index (Phi) is 15.0. The molecule has 0 radical (unpaired) electrons. The van der Waals surface area contributed by atoms with E-state index < -0.39 is 24.4 Å². The van der Waals surface area contributed by atoms with Crippen molar-refractivity contribution in [2.75, 3.05) is 71.0 Å². The lowest BCUT2D eigenvalue weighted by molar-refractivity contribution is -0.131. The molecule has 0 fully saturated rings. The summed E-state index contributed by atoms with van der Waals surface area (Å²) in [5, 5.41) is 40.7. The number of aliphatic hydroxyl groups is 3. The van der Waals surface area contributed by atoms with Gasteiger partial charge in [0.15, 0.2) is 21.7 Å². The standard InChI is InChI=1S/C20H32N4O7S2/c1-21-19(32)23-14-3-5-15(6-4-14)24-20(33)22-7-8-29-9-10-30-11-12-31-18(28-2)17(27)16(26)13-25/h3-6,18,25-27H,7-13H2,1-2H3,(H2,21,23,32)(H2,22,24,33)/b17-16-. The second-order valence-electron chi connectivity index (χ2n) is 6.32. The minimum Gasteiger partial charge on any atom is -0.506 e. The van der Waals surface area contributed by atoms with E-state index >= 15 is 0 Å². The fourth-order valence-corrected chi connectivity index (χ4v) is 2.59. The van der Waals surface area contributed by atoms with Crippen molar-refractivity contribution in [3.63, 3.8) is 0 Å². The van der Waals surface area contributed by atoms with Crippen molar-refractivity contribution in [1.29, 1.82) is 0 Å². The maximum Gasteiger partial charge on any atom is 0.219 e. The first kappa shape index (κ1) is 28.8. The number of hydrogen-bond acceptors (Lipinski definition) is 9. The molecule has 0 aromatic heterocycles. The average Bonchev–Trinajstić information content (AvgIpc) is 2.82. The number of thiocarbonyl (C=S) groups is 2. The summed E-state index contributed by atoms with van der Waals surface area (Å²) >= 11 is 10.3. The van der Waals surface area contributed by atoms with E-state index in [4.69, 9.17) is 48.5 Å². The van der Waals surface area contributed by atoms with Crippen LogP contribution in [0.3, 0.4) is 0 Å². The minimum absolute atomic E-state index is 0.113. The largest absolute Gasteiger partial charge is 0.506 e. The Morgan fingerprint density at radius 1 is 0.909 bits per heavy atom. The van der Waals surface area contributed by atoms with Crippen molar-refractivity contribution in [2.45, 2.75) is 6.29 Å². The van der Waals surface area contributed by atoms with Crippen LogP contribution in [0.1, 0.15) is 0 Å². The van der Waals surface area contributed by atoms with E-state index in [9.17, 15) is 10.2 Å². The second kappa shape index (κ2) is 17.2. The molecule has 0 bridgehead atoms. The molecular weight excluding hydrogens is 472 g/mol. The second-order valence-corrected chi connectivity index (χ2v) is 7.13. The van der Waals surface area contributed by atoms with Crippen LogP contribution in [0, 0.1) is 0 Å². The predicted molar refractivity (Wildman–Crippen MR) is 134 cm³/mol. The summed E-state index contributed by atoms with van der Waals surface area (Å²) in [5.74, 6) is -1.19. The van der Waals surface area contributed by atoms with Crippen LogP contribution in [-0.4, -0.2) is 92.2 Å². The maximum absolute atomic E-state index is 9.60. The van der Waals surface area contributed by atoms with Crippen LogP contribution in [0.2, 0.25) is 0 Å². The molecule has 13 heteroatoms. The number of anilines is 2. The van der Waals surface area contributed by atoms with Gasteiger partial charge in [-0.3, -0.25) is 0 Å². The van der Waals surface area contributed by atoms with Crippen molar-refractivity contribution >= 4 is 46.0 Å². The van der Waals surface area contributed by atoms with Crippen molar-refractivity contribution in [3.8, 4) is 0 Å². The Hall–Kier alpha value is -2.26. The third-order valence-electron chi connectivity index (χ3n) is 3.91. The Morgan fingerprint density at radius 3 is 2.00 bits per heavy atom. The number of ether oxygens (including phenoxy) is 4. The number of methoxy groups -OCH3 is 1. The van der Waals surface area contributed by atoms with Crippen LogP contribution in [0.4, 0.5) is 11.4 Å². The summed E-state index contributed by atoms with van der Waals surface area (Å²) in [5.41, 5.74) is 1.71. The highest BCUT2D eigenvalue weighted by Crippen LogP contribution is 2.13. The van der Waals surface area contributed by atoms with Crippen LogP contribution in [0.25, 0.3) is 0 Å². The first-order valence-electron chi connectivity index (χ1n) is 10.1. The summed E-state index contributed by atoms with van der Waals surface area (Å²) < 4.78 is 20.9. The van der Waals surface area contributed by atoms with Gasteiger partial charge in [-0.25, -0.2) is 0 Å². The van der Waals surface area contributed by atoms with Gasteiger partial charge in [0, 0.05) is 32.1 Å². The minimum atomic E-state index is -1.17. The normalized spacial score (nSPS) is 12.5. The molecule has 1 rings (SSSR count). The van der Waals surface area contributed by atoms with Crippen LogP contribution in [-0.2, 0) is 18.9 Å². The molecule has 1 aromatic rings. The molecular formula is C20H32N4O7S2. The summed E-state index contributed by atoms with van der Waals surface area (Å²) in [6, 6.07) is 7.54. The molecule has 0 aliphatic heterocycles. The fraction of sp³-hybridized carbons (Fsp3) is 0.500. The van der Waals surface area contributed by atoms with Crippen LogP contribution < -0.4 is 21.3 Å². The molecule has 7 N–H and O–H groups in total. The quantitative estimate of drug-likeness (QED) is 0.0796. The topological polar surface area (TPSA) is 146 Å². The molecule has 1 aromatic carbocycles. The van der Waals surface area contributed by atoms with E-state index in [2.05, 4.69) is 21.3 Å². The Balaban J connectivity index is 2.07. The maximum atomic E-state index is 9.60. The molecule has 1 unspecified atom stereocenters. The first-order valence-corrected chi connectivity index (χ1v) is 10.9. The average molecular weight is 505 g/mol. The Morgan fingerprint density at radius 2 is 1.45 bits per heavy atom. The monoisotopic (exact) mass is 504 g/mol. The summed E-state index contributed by atoms with van der Waals surface area (Å²) in [7, 11) is 3.05. The lowest BCUT2D eigenvalue weighted by atomic mass is 10.3. The van der Waals surface area contributed by atoms with E-state index in [0.29, 0.717) is 36.6 Å². The van der Waals surface area contributed by atoms with Gasteiger partial charge in [-0.1, -0.05) is 0 Å². The molecule has 0 heterocycles. The van der Waals surface area contributed by atoms with Gasteiger partial charge in [-0.2, -0.15) is 0 Å². The van der Waals surface area contributed by atoms with Gasteiger partial charge in [0.1, 0.15) is 6.61 Å². The van der Waals surface area contributed by atoms with E-state index in [1.165, 1.54) is 7.11 Å². The highest BCUT2D eigenvalue weighted by atomic mass is 32.1. The molecule has 0 saturated heterocycles. The van der Waals surface area contributed by atoms with Gasteiger partial charge in [0.25, 0.3) is 0 Å². The van der Waals surface area contributed by atoms with Gasteiger partial charge in [-0.15, -0.1) is 0 Å². The third kappa shape index (κ3) is 12.5. The summed E-state index contributed by atoms with van der Waals surface area (Å²) in [4.78, 5) is 0. The highest BCUT2D eigenvalue weighted by molar-refractivity contribution is 7.80. The van der Waals surface area contributed by atoms with Gasteiger partial charge >= 0.3 is 0 Å². The molecule has 0 aliphatic rings. The SMILES string of the molecule is CNC(=S)Nc1ccc(NC(=S)NCCOCCOCCOC(OC)/C(O)=C(/O)CO)cc1. The van der Waals surface area contributed by atoms with Crippen molar-refractivity contribution in [2.24, 2.45) is 0 Å². The van der Waals surface area contributed by atoms with E-state index in [1.807, 2.05) is 24.3 Å². The van der Waals surface area contributed by atoms with Crippen LogP contribution in [0.15, 0.2) is 35.8 Å². The molecule has 0 aliphatic carbocycles. The number of aliphatic hydroxyl groups excluding tert-OH is 3. The lowest BCUT2D eigenvalue weighted by Crippen LogP contribution is -2.31. The van der Waals surface area contributed by atoms with Crippen molar-refractivity contribution < 1.29 is 34.3 Å². The van der Waals surface area contributed by atoms with E-state index in [0.717, 1.165) is 11.4 Å². The fourth-order valence-electron chi connectivity index (χ4n) is 2.25. The van der Waals surface area contributed by atoms with Gasteiger partial charge < -0.3 is 55.5 Å². The number of rotatable bonds is 15. The Labute approximate surface area is 204 Å². The zero-order valence-corrected chi connectivity index (χ0v) is 20.3. The number of hydrogen-bond donors (Lipinski definition) is 7. The van der Waals surface area contributed by atoms with E-state index in [-0.39, 0.29) is 13.2 Å². The molecule has 11 nitrogen and oxygen atoms in total. The predicted octanol–water partition coefficient (Wildman–Crippen LogP) is 1.23. The van der Waals surface area contributed by atoms with Crippen LogP contribution >= 0.6 is 24.4 Å². The molecule has 186 valence electrons. The Bertz CT molecular complexity index is 750. The van der Waals surface area contributed by atoms with E-state index in [1.54, 1.807) is 7.05 Å². The molecule has 0 amide bonds. The lowest BCUT2D eigenvalue weighted by Gasteiger charge is -2.16. The van der Waals surface area contributed by atoms with Gasteiger partial charge in [-0.05, 0) is 48.7 Å². The summed E-state index contributed by atoms with van der Waals surface area (Å²) in [6.07, 6.45) is -1.17. The number of nitrogens with one attached hydrogen (secondary N) is 4. The number of benzene rings is 1. The molecule has 33 heavy (non-hydrogen) atoms. The first-order chi connectivity index (χ1) is 15.9. The molecule has 0 spiro atoms. The van der Waals surface area contributed by atoms with Crippen LogP contribution in [0.5, 0.6) is 0 Å². The smallest absolute Gasteiger partial charge is 0.219 e. The van der Waals surface area contributed by atoms with Gasteiger partial charge in [0.2, 0.25) is 6.29 Å². The van der Waals surface area contributed by atoms with Gasteiger partial charge in [0.05, 0.1) is 33.0 Å². The molecule has 1 atom stereocenters. The zero-order chi connectivity index (χ0) is 24.5. The zero-order valence-electron chi connectivity index (χ0n) is 18.6. The molecule has 0 saturated carbocycles. The van der Waals surface area contributed by atoms with Crippen molar-refractivity contribution in [3.05, 3.63) is 35.8 Å². The third-order valence-corrected chi connectivity index (χ3v) is 4.46. The van der Waals surface area contributed by atoms with Crippen molar-refractivity contribution in [1.82, 2.24) is 10.6 Å². The summed E-state index contributed by atoms with van der Waals surface area (Å²) in [6.45, 7) is 1.34. The highest BCUT2D eigenvalue weighted by Gasteiger charge is 2.17.